The lowest BCUT2D eigenvalue weighted by Gasteiger charge is -2.37. The van der Waals surface area contributed by atoms with Crippen LogP contribution in [0.15, 0.2) is 0 Å². The van der Waals surface area contributed by atoms with Crippen molar-refractivity contribution >= 4 is 47.8 Å². The van der Waals surface area contributed by atoms with E-state index in [-0.39, 0.29) is 0 Å². The first-order valence-corrected chi connectivity index (χ1v) is 8.67. The standard InChI is InChI=1S/C10H20Cl3N2O2P/c1-5-14(6-2)18(17,15(7-3)8-4)9(16)10(11,12)13/h5-8H2,1-4H3. The van der Waals surface area contributed by atoms with Crippen molar-refractivity contribution in [2.75, 3.05) is 26.2 Å². The van der Waals surface area contributed by atoms with E-state index in [0.29, 0.717) is 26.2 Å². The first-order valence-electron chi connectivity index (χ1n) is 5.92. The Morgan fingerprint density at radius 2 is 1.22 bits per heavy atom. The van der Waals surface area contributed by atoms with E-state index in [9.17, 15) is 9.36 Å². The van der Waals surface area contributed by atoms with Crippen LogP contribution < -0.4 is 0 Å². The van der Waals surface area contributed by atoms with Crippen molar-refractivity contribution in [1.29, 1.82) is 0 Å². The molecule has 0 radical (unpaired) electrons. The third-order valence-corrected chi connectivity index (χ3v) is 7.17. The number of hydrogen-bond donors (Lipinski definition) is 0. The van der Waals surface area contributed by atoms with Gasteiger partial charge in [0.15, 0.2) is 0 Å². The molecule has 0 amide bonds. The molecular weight excluding hydrogens is 317 g/mol. The van der Waals surface area contributed by atoms with Crippen LogP contribution in [0.1, 0.15) is 27.7 Å². The van der Waals surface area contributed by atoms with Gasteiger partial charge in [-0.3, -0.25) is 9.36 Å². The Morgan fingerprint density at radius 1 is 0.944 bits per heavy atom. The minimum absolute atomic E-state index is 0.455. The van der Waals surface area contributed by atoms with Crippen molar-refractivity contribution in [1.82, 2.24) is 9.34 Å². The van der Waals surface area contributed by atoms with Crippen molar-refractivity contribution < 1.29 is 9.36 Å². The quantitative estimate of drug-likeness (QED) is 0.524. The highest BCUT2D eigenvalue weighted by Crippen LogP contribution is 2.58. The third kappa shape index (κ3) is 3.84. The van der Waals surface area contributed by atoms with Crippen molar-refractivity contribution in [3.05, 3.63) is 0 Å². The summed E-state index contributed by atoms with van der Waals surface area (Å²) < 4.78 is 14.1. The Balaban J connectivity index is 5.70. The normalized spacial score (nSPS) is 13.4. The van der Waals surface area contributed by atoms with Crippen molar-refractivity contribution in [3.8, 4) is 0 Å². The number of carbonyl (C=O) groups excluding carboxylic acids is 1. The highest BCUT2D eigenvalue weighted by Gasteiger charge is 2.50. The van der Waals surface area contributed by atoms with E-state index >= 15 is 0 Å². The van der Waals surface area contributed by atoms with Gasteiger partial charge in [-0.15, -0.1) is 0 Å². The molecule has 0 saturated carbocycles. The highest BCUT2D eigenvalue weighted by molar-refractivity contribution is 7.77. The van der Waals surface area contributed by atoms with Gasteiger partial charge in [-0.05, 0) is 0 Å². The molecule has 0 spiro atoms. The molecular formula is C10H20Cl3N2O2P. The van der Waals surface area contributed by atoms with Crippen LogP contribution in [0.4, 0.5) is 0 Å². The Labute approximate surface area is 124 Å². The first-order chi connectivity index (χ1) is 8.19. The summed E-state index contributed by atoms with van der Waals surface area (Å²) in [7, 11) is -3.52. The number of rotatable bonds is 7. The molecule has 0 aliphatic rings. The summed E-state index contributed by atoms with van der Waals surface area (Å²) in [6, 6.07) is 0. The smallest absolute Gasteiger partial charge is 0.283 e. The summed E-state index contributed by atoms with van der Waals surface area (Å²) in [5, 5.41) is 0. The summed E-state index contributed by atoms with van der Waals surface area (Å²) in [6.07, 6.45) is 0. The second-order valence-corrected chi connectivity index (χ2v) is 8.53. The van der Waals surface area contributed by atoms with Gasteiger partial charge in [-0.25, -0.2) is 9.34 Å². The Morgan fingerprint density at radius 3 is 1.39 bits per heavy atom. The van der Waals surface area contributed by atoms with Crippen LogP contribution in [-0.4, -0.2) is 44.8 Å². The fourth-order valence-electron chi connectivity index (χ4n) is 1.81. The first kappa shape index (κ1) is 18.7. The Kier molecular flexibility index (Phi) is 7.75. The predicted octanol–water partition coefficient (Wildman–Crippen LogP) is 3.76. The van der Waals surface area contributed by atoms with Gasteiger partial charge in [-0.1, -0.05) is 62.5 Å². The molecule has 0 aromatic carbocycles. The number of nitrogens with zero attached hydrogens (tertiary/aromatic N) is 2. The lowest BCUT2D eigenvalue weighted by atomic mass is 10.7. The molecule has 0 N–H and O–H groups in total. The summed E-state index contributed by atoms with van der Waals surface area (Å²) in [5.41, 5.74) is -0.840. The van der Waals surface area contributed by atoms with Crippen LogP contribution in [0.2, 0.25) is 0 Å². The zero-order valence-electron chi connectivity index (χ0n) is 11.1. The zero-order valence-corrected chi connectivity index (χ0v) is 14.3. The van der Waals surface area contributed by atoms with Crippen molar-refractivity contribution in [2.24, 2.45) is 0 Å². The topological polar surface area (TPSA) is 40.6 Å². The van der Waals surface area contributed by atoms with E-state index in [0.717, 1.165) is 0 Å². The molecule has 0 heterocycles. The molecule has 0 aliphatic heterocycles. The molecule has 0 aromatic heterocycles. The van der Waals surface area contributed by atoms with E-state index in [4.69, 9.17) is 34.8 Å². The van der Waals surface area contributed by atoms with E-state index in [1.807, 2.05) is 27.7 Å². The van der Waals surface area contributed by atoms with Gasteiger partial charge in [0.1, 0.15) is 0 Å². The number of carbonyl (C=O) groups is 1. The average Bonchev–Trinajstić information content (AvgIpc) is 2.29. The molecule has 108 valence electrons. The average molecular weight is 338 g/mol. The van der Waals surface area contributed by atoms with Gasteiger partial charge < -0.3 is 0 Å². The van der Waals surface area contributed by atoms with Crippen LogP contribution in [-0.2, 0) is 9.36 Å². The lowest BCUT2D eigenvalue weighted by molar-refractivity contribution is -0.112. The molecule has 0 atom stereocenters. The van der Waals surface area contributed by atoms with E-state index in [1.165, 1.54) is 0 Å². The van der Waals surface area contributed by atoms with E-state index < -0.39 is 16.8 Å². The number of halogens is 3. The van der Waals surface area contributed by atoms with Gasteiger partial charge in [0, 0.05) is 26.2 Å². The molecule has 0 aliphatic carbocycles. The monoisotopic (exact) mass is 336 g/mol. The lowest BCUT2D eigenvalue weighted by Crippen LogP contribution is -2.39. The second kappa shape index (κ2) is 7.47. The number of alkyl halides is 3. The predicted molar refractivity (Wildman–Crippen MR) is 78.7 cm³/mol. The minimum Gasteiger partial charge on any atom is -0.283 e. The van der Waals surface area contributed by atoms with Crippen LogP contribution >= 0.6 is 42.2 Å². The molecule has 8 heteroatoms. The maximum absolute atomic E-state index is 13.1. The van der Waals surface area contributed by atoms with Crippen molar-refractivity contribution in [3.63, 3.8) is 0 Å². The highest BCUT2D eigenvalue weighted by atomic mass is 35.6. The van der Waals surface area contributed by atoms with E-state index in [2.05, 4.69) is 0 Å². The summed E-state index contributed by atoms with van der Waals surface area (Å²) in [6.45, 7) is 9.12. The zero-order chi connectivity index (χ0) is 14.6. The van der Waals surface area contributed by atoms with Crippen LogP contribution in [0.25, 0.3) is 0 Å². The SMILES string of the molecule is CCN(CC)P(=O)(C(=O)C(Cl)(Cl)Cl)N(CC)CC. The molecule has 0 saturated heterocycles. The van der Waals surface area contributed by atoms with Gasteiger partial charge in [-0.2, -0.15) is 0 Å². The maximum atomic E-state index is 13.1. The molecule has 0 aromatic rings. The van der Waals surface area contributed by atoms with Gasteiger partial charge in [0.2, 0.25) is 0 Å². The van der Waals surface area contributed by atoms with Crippen LogP contribution in [0.3, 0.4) is 0 Å². The molecule has 0 rings (SSSR count). The fourth-order valence-corrected chi connectivity index (χ4v) is 5.54. The molecule has 0 unspecified atom stereocenters. The van der Waals surface area contributed by atoms with Crippen LogP contribution in [0, 0.1) is 0 Å². The van der Waals surface area contributed by atoms with Gasteiger partial charge in [0.05, 0.1) is 0 Å². The van der Waals surface area contributed by atoms with Crippen LogP contribution in [0.5, 0.6) is 0 Å². The fraction of sp³-hybridized carbons (Fsp3) is 0.900. The third-order valence-electron chi connectivity index (χ3n) is 2.73. The molecule has 4 nitrogen and oxygen atoms in total. The molecule has 0 fully saturated rings. The minimum atomic E-state index is -3.52. The molecule has 0 bridgehead atoms. The Hall–Kier alpha value is 0.690. The van der Waals surface area contributed by atoms with Gasteiger partial charge >= 0.3 is 0 Å². The summed E-state index contributed by atoms with van der Waals surface area (Å²) in [5.74, 6) is 0. The second-order valence-electron chi connectivity index (χ2n) is 3.62. The Bertz CT molecular complexity index is 310. The number of hydrogen-bond acceptors (Lipinski definition) is 2. The largest absolute Gasteiger partial charge is 0.285 e. The summed E-state index contributed by atoms with van der Waals surface area (Å²) >= 11 is 16.9. The maximum Gasteiger partial charge on any atom is 0.285 e. The summed E-state index contributed by atoms with van der Waals surface area (Å²) in [4.78, 5) is 12.3. The van der Waals surface area contributed by atoms with Gasteiger partial charge in [0.25, 0.3) is 16.8 Å². The molecule has 18 heavy (non-hydrogen) atoms. The van der Waals surface area contributed by atoms with E-state index in [1.54, 1.807) is 9.34 Å². The van der Waals surface area contributed by atoms with Crippen molar-refractivity contribution in [2.45, 2.75) is 31.5 Å².